The predicted molar refractivity (Wildman–Crippen MR) is 66.9 cm³/mol. The van der Waals surface area contributed by atoms with E-state index in [1.54, 1.807) is 0 Å². The van der Waals surface area contributed by atoms with E-state index in [4.69, 9.17) is 11.6 Å². The first kappa shape index (κ1) is 11.9. The van der Waals surface area contributed by atoms with Crippen LogP contribution in [0.15, 0.2) is 24.3 Å². The fourth-order valence-electron chi connectivity index (χ4n) is 2.40. The van der Waals surface area contributed by atoms with Crippen molar-refractivity contribution in [2.75, 3.05) is 26.7 Å². The summed E-state index contributed by atoms with van der Waals surface area (Å²) in [5.41, 5.74) is 1.09. The van der Waals surface area contributed by atoms with Crippen LogP contribution in [0, 0.1) is 0 Å². The number of piperidine rings is 1. The van der Waals surface area contributed by atoms with Crippen LogP contribution in [0.25, 0.3) is 0 Å². The highest BCUT2D eigenvalue weighted by molar-refractivity contribution is 6.30. The summed E-state index contributed by atoms with van der Waals surface area (Å²) in [7, 11) is 2.12. The monoisotopic (exact) mass is 239 g/mol. The summed E-state index contributed by atoms with van der Waals surface area (Å²) in [6, 6.07) is 7.91. The molecule has 0 saturated carbocycles. The van der Waals surface area contributed by atoms with E-state index in [1.165, 1.54) is 5.56 Å². The molecule has 2 rings (SSSR count). The summed E-state index contributed by atoms with van der Waals surface area (Å²) in [4.78, 5) is 2.30. The van der Waals surface area contributed by atoms with Crippen LogP contribution in [0.3, 0.4) is 0 Å². The zero-order chi connectivity index (χ0) is 11.6. The summed E-state index contributed by atoms with van der Waals surface area (Å²) in [6.07, 6.45) is 2.00. The SMILES string of the molecule is CN1CCC(CO)(c2cccc(Cl)c2)CC1. The number of nitrogens with zero attached hydrogens (tertiary/aromatic N) is 1. The Morgan fingerprint density at radius 3 is 2.62 bits per heavy atom. The lowest BCUT2D eigenvalue weighted by Crippen LogP contribution is -2.43. The van der Waals surface area contributed by atoms with Gasteiger partial charge in [-0.05, 0) is 50.7 Å². The van der Waals surface area contributed by atoms with Gasteiger partial charge in [-0.15, -0.1) is 0 Å². The summed E-state index contributed by atoms with van der Waals surface area (Å²) in [6.45, 7) is 2.28. The molecule has 1 heterocycles. The van der Waals surface area contributed by atoms with E-state index in [1.807, 2.05) is 18.2 Å². The molecule has 88 valence electrons. The number of benzene rings is 1. The van der Waals surface area contributed by atoms with Gasteiger partial charge in [-0.3, -0.25) is 0 Å². The highest BCUT2D eigenvalue weighted by atomic mass is 35.5. The van der Waals surface area contributed by atoms with Crippen molar-refractivity contribution in [3.05, 3.63) is 34.9 Å². The Morgan fingerprint density at radius 2 is 2.06 bits per heavy atom. The number of hydrogen-bond acceptors (Lipinski definition) is 2. The topological polar surface area (TPSA) is 23.5 Å². The van der Waals surface area contributed by atoms with Crippen molar-refractivity contribution in [1.29, 1.82) is 0 Å². The second-order valence-electron chi connectivity index (χ2n) is 4.75. The standard InChI is InChI=1S/C13H18ClNO/c1-15-7-5-13(10-16,6-8-15)11-3-2-4-12(14)9-11/h2-4,9,16H,5-8,10H2,1H3. The van der Waals surface area contributed by atoms with Crippen LogP contribution in [0.4, 0.5) is 0 Å². The van der Waals surface area contributed by atoms with Gasteiger partial charge in [0.05, 0.1) is 6.61 Å². The number of aliphatic hydroxyl groups excluding tert-OH is 1. The fourth-order valence-corrected chi connectivity index (χ4v) is 2.59. The maximum absolute atomic E-state index is 9.71. The number of hydrogen-bond donors (Lipinski definition) is 1. The van der Waals surface area contributed by atoms with E-state index in [2.05, 4.69) is 18.0 Å². The number of aliphatic hydroxyl groups is 1. The zero-order valence-electron chi connectivity index (χ0n) is 9.62. The molecule has 1 aromatic carbocycles. The quantitative estimate of drug-likeness (QED) is 0.856. The summed E-state index contributed by atoms with van der Waals surface area (Å²) in [5, 5.41) is 10.5. The van der Waals surface area contributed by atoms with Gasteiger partial charge in [0.15, 0.2) is 0 Å². The Labute approximate surface area is 102 Å². The second-order valence-corrected chi connectivity index (χ2v) is 5.19. The van der Waals surface area contributed by atoms with Crippen LogP contribution in [0.5, 0.6) is 0 Å². The van der Waals surface area contributed by atoms with Crippen molar-refractivity contribution in [2.24, 2.45) is 0 Å². The van der Waals surface area contributed by atoms with Gasteiger partial charge >= 0.3 is 0 Å². The minimum Gasteiger partial charge on any atom is -0.395 e. The lowest BCUT2D eigenvalue weighted by atomic mass is 9.73. The third kappa shape index (κ3) is 2.24. The molecule has 0 atom stereocenters. The molecule has 0 amide bonds. The summed E-state index contributed by atoms with van der Waals surface area (Å²) >= 11 is 6.02. The summed E-state index contributed by atoms with van der Waals surface area (Å²) in [5.74, 6) is 0. The Hall–Kier alpha value is -0.570. The van der Waals surface area contributed by atoms with Gasteiger partial charge in [-0.25, -0.2) is 0 Å². The second kappa shape index (κ2) is 4.74. The van der Waals surface area contributed by atoms with Gasteiger partial charge in [0, 0.05) is 10.4 Å². The Balaban J connectivity index is 2.28. The van der Waals surface area contributed by atoms with E-state index in [-0.39, 0.29) is 12.0 Å². The van der Waals surface area contributed by atoms with Crippen LogP contribution < -0.4 is 0 Å². The average molecular weight is 240 g/mol. The Kier molecular flexibility index (Phi) is 3.53. The molecule has 0 aliphatic carbocycles. The first-order valence-corrected chi connectivity index (χ1v) is 6.09. The van der Waals surface area contributed by atoms with Crippen LogP contribution >= 0.6 is 11.6 Å². The molecule has 1 aromatic rings. The fraction of sp³-hybridized carbons (Fsp3) is 0.538. The highest BCUT2D eigenvalue weighted by Crippen LogP contribution is 2.35. The predicted octanol–water partition coefficient (Wildman–Crippen LogP) is 2.30. The lowest BCUT2D eigenvalue weighted by molar-refractivity contribution is 0.114. The van der Waals surface area contributed by atoms with Gasteiger partial charge in [0.25, 0.3) is 0 Å². The molecule has 1 fully saturated rings. The molecule has 1 aliphatic heterocycles. The largest absolute Gasteiger partial charge is 0.395 e. The number of likely N-dealkylation sites (tertiary alicyclic amines) is 1. The molecule has 3 heteroatoms. The minimum absolute atomic E-state index is 0.0859. The van der Waals surface area contributed by atoms with E-state index in [0.717, 1.165) is 31.0 Å². The molecule has 0 radical (unpaired) electrons. The molecule has 1 aliphatic rings. The minimum atomic E-state index is -0.0859. The van der Waals surface area contributed by atoms with Crippen molar-refractivity contribution in [3.63, 3.8) is 0 Å². The smallest absolute Gasteiger partial charge is 0.0528 e. The van der Waals surface area contributed by atoms with Crippen molar-refractivity contribution in [3.8, 4) is 0 Å². The molecule has 1 saturated heterocycles. The van der Waals surface area contributed by atoms with Crippen molar-refractivity contribution < 1.29 is 5.11 Å². The van der Waals surface area contributed by atoms with Gasteiger partial charge < -0.3 is 10.0 Å². The van der Waals surface area contributed by atoms with Gasteiger partial charge in [-0.2, -0.15) is 0 Å². The first-order valence-electron chi connectivity index (χ1n) is 5.72. The van der Waals surface area contributed by atoms with E-state index in [0.29, 0.717) is 0 Å². The van der Waals surface area contributed by atoms with Crippen LogP contribution in [-0.2, 0) is 5.41 Å². The zero-order valence-corrected chi connectivity index (χ0v) is 10.4. The number of rotatable bonds is 2. The summed E-state index contributed by atoms with van der Waals surface area (Å²) < 4.78 is 0. The average Bonchev–Trinajstić information content (AvgIpc) is 2.31. The van der Waals surface area contributed by atoms with Crippen molar-refractivity contribution in [1.82, 2.24) is 4.90 Å². The van der Waals surface area contributed by atoms with E-state index in [9.17, 15) is 5.11 Å². The van der Waals surface area contributed by atoms with Gasteiger partial charge in [0.1, 0.15) is 0 Å². The third-order valence-corrected chi connectivity index (χ3v) is 3.92. The molecule has 16 heavy (non-hydrogen) atoms. The van der Waals surface area contributed by atoms with Crippen molar-refractivity contribution in [2.45, 2.75) is 18.3 Å². The molecule has 0 unspecified atom stereocenters. The molecular weight excluding hydrogens is 222 g/mol. The lowest BCUT2D eigenvalue weighted by Gasteiger charge is -2.40. The Morgan fingerprint density at radius 1 is 1.38 bits per heavy atom. The normalized spacial score (nSPS) is 20.9. The molecule has 2 nitrogen and oxygen atoms in total. The molecule has 0 spiro atoms. The molecule has 1 N–H and O–H groups in total. The number of halogens is 1. The highest BCUT2D eigenvalue weighted by Gasteiger charge is 2.34. The molecule has 0 bridgehead atoms. The van der Waals surface area contributed by atoms with Gasteiger partial charge in [0.2, 0.25) is 0 Å². The molecular formula is C13H18ClNO. The van der Waals surface area contributed by atoms with E-state index >= 15 is 0 Å². The van der Waals surface area contributed by atoms with Crippen LogP contribution in [-0.4, -0.2) is 36.8 Å². The maximum atomic E-state index is 9.71. The Bertz CT molecular complexity index is 359. The van der Waals surface area contributed by atoms with Crippen LogP contribution in [0.2, 0.25) is 5.02 Å². The van der Waals surface area contributed by atoms with Gasteiger partial charge in [-0.1, -0.05) is 23.7 Å². The van der Waals surface area contributed by atoms with Crippen molar-refractivity contribution >= 4 is 11.6 Å². The third-order valence-electron chi connectivity index (χ3n) is 3.68. The van der Waals surface area contributed by atoms with E-state index < -0.39 is 0 Å². The van der Waals surface area contributed by atoms with Crippen LogP contribution in [0.1, 0.15) is 18.4 Å². The molecule has 0 aromatic heterocycles. The first-order chi connectivity index (χ1) is 7.66. The maximum Gasteiger partial charge on any atom is 0.0528 e.